The summed E-state index contributed by atoms with van der Waals surface area (Å²) in [6.07, 6.45) is 3.55. The number of imidazole rings is 1. The number of fused-ring (bicyclic) bond motifs is 1. The number of ether oxygens (including phenoxy) is 1. The van der Waals surface area contributed by atoms with Crippen LogP contribution >= 0.6 is 11.6 Å². The normalized spacial score (nSPS) is 11.4. The molecule has 0 bridgehead atoms. The standard InChI is InChI=1S/C18H22ClN7O4S/c1-31(28,29)25-13-6-4-12(5-7-13)10-21-18(27)30-9-3-2-8-26-11-22-14-15(20)23-17(19)24-16(14)26/h4-7,11,25H,2-3,8-10H2,1H3,(H,21,27)(H2,20,23,24). The fourth-order valence-corrected chi connectivity index (χ4v) is 3.52. The number of hydrogen-bond acceptors (Lipinski definition) is 8. The molecule has 0 aliphatic heterocycles. The Morgan fingerprint density at radius 1 is 1.23 bits per heavy atom. The van der Waals surface area contributed by atoms with Crippen LogP contribution in [0.3, 0.4) is 0 Å². The molecule has 11 nitrogen and oxygen atoms in total. The lowest BCUT2D eigenvalue weighted by Crippen LogP contribution is -2.24. The summed E-state index contributed by atoms with van der Waals surface area (Å²) in [7, 11) is -3.32. The summed E-state index contributed by atoms with van der Waals surface area (Å²) in [6.45, 7) is 1.14. The molecule has 0 atom stereocenters. The highest BCUT2D eigenvalue weighted by atomic mass is 35.5. The molecule has 4 N–H and O–H groups in total. The number of aryl methyl sites for hydroxylation is 1. The van der Waals surface area contributed by atoms with Crippen molar-refractivity contribution in [1.82, 2.24) is 24.8 Å². The summed E-state index contributed by atoms with van der Waals surface area (Å²) in [5, 5.41) is 2.71. The Bertz CT molecular complexity index is 1170. The lowest BCUT2D eigenvalue weighted by atomic mass is 10.2. The first kappa shape index (κ1) is 22.6. The van der Waals surface area contributed by atoms with E-state index < -0.39 is 16.1 Å². The molecule has 1 amide bonds. The van der Waals surface area contributed by atoms with Gasteiger partial charge in [0.2, 0.25) is 15.3 Å². The minimum absolute atomic E-state index is 0.0630. The maximum absolute atomic E-state index is 11.8. The van der Waals surface area contributed by atoms with Gasteiger partial charge in [0.1, 0.15) is 5.52 Å². The number of nitrogens with zero attached hydrogens (tertiary/aromatic N) is 4. The van der Waals surface area contributed by atoms with Gasteiger partial charge in [-0.05, 0) is 42.1 Å². The van der Waals surface area contributed by atoms with Gasteiger partial charge >= 0.3 is 6.09 Å². The zero-order chi connectivity index (χ0) is 22.4. The van der Waals surface area contributed by atoms with Crippen LogP contribution in [0.5, 0.6) is 0 Å². The number of nitrogens with two attached hydrogens (primary N) is 1. The van der Waals surface area contributed by atoms with Crippen LogP contribution in [0.2, 0.25) is 5.28 Å². The van der Waals surface area contributed by atoms with Gasteiger partial charge < -0.3 is 20.4 Å². The molecule has 31 heavy (non-hydrogen) atoms. The maximum Gasteiger partial charge on any atom is 0.407 e. The number of unbranched alkanes of at least 4 members (excludes halogenated alkanes) is 1. The summed E-state index contributed by atoms with van der Waals surface area (Å²) in [4.78, 5) is 24.0. The molecule has 3 aromatic rings. The van der Waals surface area contributed by atoms with E-state index in [0.717, 1.165) is 18.2 Å². The Kier molecular flexibility index (Phi) is 7.13. The maximum atomic E-state index is 11.8. The van der Waals surface area contributed by atoms with Crippen molar-refractivity contribution in [3.8, 4) is 0 Å². The molecular formula is C18H22ClN7O4S. The van der Waals surface area contributed by atoms with E-state index >= 15 is 0 Å². The average molecular weight is 468 g/mol. The molecule has 0 aliphatic rings. The van der Waals surface area contributed by atoms with E-state index in [2.05, 4.69) is 25.0 Å². The summed E-state index contributed by atoms with van der Waals surface area (Å²) in [5.41, 5.74) is 8.11. The first-order valence-electron chi connectivity index (χ1n) is 9.32. The quantitative estimate of drug-likeness (QED) is 0.319. The number of sulfonamides is 1. The minimum Gasteiger partial charge on any atom is -0.450 e. The molecule has 0 fully saturated rings. The van der Waals surface area contributed by atoms with Crippen molar-refractivity contribution < 1.29 is 17.9 Å². The number of amides is 1. The van der Waals surface area contributed by atoms with Crippen LogP contribution in [0.1, 0.15) is 18.4 Å². The monoisotopic (exact) mass is 467 g/mol. The van der Waals surface area contributed by atoms with Gasteiger partial charge in [0.05, 0.1) is 19.2 Å². The Morgan fingerprint density at radius 2 is 1.97 bits per heavy atom. The molecule has 0 saturated heterocycles. The predicted molar refractivity (Wildman–Crippen MR) is 117 cm³/mol. The third-order valence-corrected chi connectivity index (χ3v) is 4.96. The number of alkyl carbamates (subject to hydrolysis) is 1. The lowest BCUT2D eigenvalue weighted by molar-refractivity contribution is 0.143. The molecule has 0 saturated carbocycles. The highest BCUT2D eigenvalue weighted by molar-refractivity contribution is 7.92. The third-order valence-electron chi connectivity index (χ3n) is 4.18. The molecule has 166 valence electrons. The molecule has 1 aromatic carbocycles. The van der Waals surface area contributed by atoms with Crippen LogP contribution in [0.25, 0.3) is 11.2 Å². The fraction of sp³-hybridized carbons (Fsp3) is 0.333. The van der Waals surface area contributed by atoms with E-state index in [1.807, 2.05) is 4.57 Å². The summed E-state index contributed by atoms with van der Waals surface area (Å²) >= 11 is 5.84. The highest BCUT2D eigenvalue weighted by Gasteiger charge is 2.10. The Morgan fingerprint density at radius 3 is 2.68 bits per heavy atom. The van der Waals surface area contributed by atoms with E-state index in [1.165, 1.54) is 0 Å². The molecular weight excluding hydrogens is 446 g/mol. The molecule has 2 heterocycles. The van der Waals surface area contributed by atoms with E-state index in [-0.39, 0.29) is 24.3 Å². The van der Waals surface area contributed by atoms with Gasteiger partial charge in [-0.25, -0.2) is 18.2 Å². The molecule has 13 heteroatoms. The van der Waals surface area contributed by atoms with E-state index in [0.29, 0.717) is 29.8 Å². The second kappa shape index (κ2) is 9.79. The largest absolute Gasteiger partial charge is 0.450 e. The first-order chi connectivity index (χ1) is 14.7. The van der Waals surface area contributed by atoms with E-state index in [1.54, 1.807) is 30.6 Å². The smallest absolute Gasteiger partial charge is 0.407 e. The molecule has 0 radical (unpaired) electrons. The second-order valence-corrected chi connectivity index (χ2v) is 8.84. The zero-order valence-electron chi connectivity index (χ0n) is 16.7. The number of nitrogens with one attached hydrogen (secondary N) is 2. The van der Waals surface area contributed by atoms with Crippen molar-refractivity contribution in [2.45, 2.75) is 25.9 Å². The molecule has 0 spiro atoms. The third kappa shape index (κ3) is 6.69. The van der Waals surface area contributed by atoms with E-state index in [9.17, 15) is 13.2 Å². The highest BCUT2D eigenvalue weighted by Crippen LogP contribution is 2.18. The number of hydrogen-bond donors (Lipinski definition) is 3. The Hall–Kier alpha value is -3.12. The van der Waals surface area contributed by atoms with Gasteiger partial charge in [-0.3, -0.25) is 4.72 Å². The number of rotatable bonds is 9. The lowest BCUT2D eigenvalue weighted by Gasteiger charge is -2.09. The molecule has 3 rings (SSSR count). The number of aromatic nitrogens is 4. The fourth-order valence-electron chi connectivity index (χ4n) is 2.78. The number of nitrogen functional groups attached to an aromatic ring is 1. The Balaban J connectivity index is 1.36. The topological polar surface area (TPSA) is 154 Å². The van der Waals surface area contributed by atoms with Gasteiger partial charge in [0.25, 0.3) is 0 Å². The van der Waals surface area contributed by atoms with Crippen molar-refractivity contribution in [2.75, 3.05) is 23.3 Å². The number of anilines is 2. The predicted octanol–water partition coefficient (Wildman–Crippen LogP) is 2.14. The van der Waals surface area contributed by atoms with Crippen molar-refractivity contribution in [2.24, 2.45) is 0 Å². The van der Waals surface area contributed by atoms with E-state index in [4.69, 9.17) is 22.1 Å². The minimum atomic E-state index is -3.32. The van der Waals surface area contributed by atoms with Gasteiger partial charge in [0.15, 0.2) is 11.5 Å². The van der Waals surface area contributed by atoms with Gasteiger partial charge in [-0.15, -0.1) is 0 Å². The van der Waals surface area contributed by atoms with Crippen LogP contribution in [0.15, 0.2) is 30.6 Å². The van der Waals surface area contributed by atoms with Crippen molar-refractivity contribution in [3.05, 3.63) is 41.4 Å². The summed E-state index contributed by atoms with van der Waals surface area (Å²) < 4.78 is 31.7. The van der Waals surface area contributed by atoms with Gasteiger partial charge in [-0.2, -0.15) is 9.97 Å². The number of carbonyl (C=O) groups is 1. The van der Waals surface area contributed by atoms with Crippen LogP contribution in [-0.4, -0.2) is 46.9 Å². The summed E-state index contributed by atoms with van der Waals surface area (Å²) in [5.74, 6) is 0.232. The number of halogens is 1. The molecule has 0 unspecified atom stereocenters. The van der Waals surface area contributed by atoms with Crippen LogP contribution < -0.4 is 15.8 Å². The van der Waals surface area contributed by atoms with Crippen molar-refractivity contribution in [3.63, 3.8) is 0 Å². The second-order valence-electron chi connectivity index (χ2n) is 6.76. The number of carbonyl (C=O) groups excluding carboxylic acids is 1. The van der Waals surface area contributed by atoms with Gasteiger partial charge in [0, 0.05) is 18.8 Å². The van der Waals surface area contributed by atoms with Crippen LogP contribution in [0.4, 0.5) is 16.3 Å². The summed E-state index contributed by atoms with van der Waals surface area (Å²) in [6, 6.07) is 6.67. The average Bonchev–Trinajstić information content (AvgIpc) is 3.09. The number of benzene rings is 1. The van der Waals surface area contributed by atoms with Gasteiger partial charge in [-0.1, -0.05) is 12.1 Å². The SMILES string of the molecule is CS(=O)(=O)Nc1ccc(CNC(=O)OCCCCn2cnc3c(N)nc(Cl)nc32)cc1. The molecule has 2 aromatic heterocycles. The first-order valence-corrected chi connectivity index (χ1v) is 11.6. The van der Waals surface area contributed by atoms with Crippen molar-refractivity contribution >= 4 is 50.4 Å². The van der Waals surface area contributed by atoms with Crippen LogP contribution in [0, 0.1) is 0 Å². The molecule has 0 aliphatic carbocycles. The van der Waals surface area contributed by atoms with Crippen LogP contribution in [-0.2, 0) is 27.8 Å². The Labute approximate surface area is 184 Å². The van der Waals surface area contributed by atoms with Crippen molar-refractivity contribution in [1.29, 1.82) is 0 Å². The zero-order valence-corrected chi connectivity index (χ0v) is 18.3.